The summed E-state index contributed by atoms with van der Waals surface area (Å²) in [6, 6.07) is 7.04. The Morgan fingerprint density at radius 1 is 0.900 bits per heavy atom. The second-order valence-electron chi connectivity index (χ2n) is 7.57. The van der Waals surface area contributed by atoms with Crippen molar-refractivity contribution in [3.05, 3.63) is 36.0 Å². The molecule has 1 aromatic carbocycles. The summed E-state index contributed by atoms with van der Waals surface area (Å²) in [5, 5.41) is 0. The highest BCUT2D eigenvalue weighted by Gasteiger charge is 2.30. The minimum Gasteiger partial charge on any atom is -0.493 e. The molecule has 9 nitrogen and oxygen atoms in total. The van der Waals surface area contributed by atoms with Gasteiger partial charge < -0.3 is 19.3 Å². The summed E-state index contributed by atoms with van der Waals surface area (Å²) in [4.78, 5) is 13.7. The van der Waals surface area contributed by atoms with Gasteiger partial charge in [-0.3, -0.25) is 0 Å². The number of rotatable bonds is 4. The van der Waals surface area contributed by atoms with E-state index in [0.717, 1.165) is 36.6 Å². The van der Waals surface area contributed by atoms with Crippen LogP contribution in [0.15, 0.2) is 35.4 Å². The van der Waals surface area contributed by atoms with Crippen LogP contribution in [0.25, 0.3) is 0 Å². The first-order valence-corrected chi connectivity index (χ1v) is 11.7. The molecule has 4 heterocycles. The number of piperazine rings is 1. The van der Waals surface area contributed by atoms with Gasteiger partial charge in [0.1, 0.15) is 11.6 Å². The zero-order valence-corrected chi connectivity index (χ0v) is 17.6. The van der Waals surface area contributed by atoms with Gasteiger partial charge >= 0.3 is 0 Å². The molecule has 0 amide bonds. The Kier molecular flexibility index (Phi) is 5.21. The summed E-state index contributed by atoms with van der Waals surface area (Å²) in [5.41, 5.74) is 0.964. The zero-order chi connectivity index (χ0) is 20.6. The highest BCUT2D eigenvalue weighted by Crippen LogP contribution is 2.29. The molecule has 0 spiro atoms. The van der Waals surface area contributed by atoms with Crippen LogP contribution < -0.4 is 14.5 Å². The second kappa shape index (κ2) is 8.01. The second-order valence-corrected chi connectivity index (χ2v) is 9.51. The van der Waals surface area contributed by atoms with Crippen LogP contribution in [0, 0.1) is 0 Å². The number of sulfonamides is 1. The monoisotopic (exact) mass is 431 g/mol. The number of aromatic nitrogens is 2. The van der Waals surface area contributed by atoms with Crippen molar-refractivity contribution < 1.29 is 17.9 Å². The number of benzene rings is 1. The van der Waals surface area contributed by atoms with Gasteiger partial charge in [-0.1, -0.05) is 0 Å². The Morgan fingerprint density at radius 2 is 1.70 bits per heavy atom. The summed E-state index contributed by atoms with van der Waals surface area (Å²) in [5.74, 6) is 2.32. The van der Waals surface area contributed by atoms with E-state index in [-0.39, 0.29) is 0 Å². The van der Waals surface area contributed by atoms with Crippen molar-refractivity contribution in [3.8, 4) is 5.75 Å². The van der Waals surface area contributed by atoms with Crippen molar-refractivity contribution in [1.82, 2.24) is 14.3 Å². The van der Waals surface area contributed by atoms with E-state index < -0.39 is 10.0 Å². The van der Waals surface area contributed by atoms with Crippen LogP contribution in [0.3, 0.4) is 0 Å². The SMILES string of the molecule is O=S(=O)(c1ccc2c(c1)CCO2)N1CCN(c2ccnc(N3CCOCC3)n2)CC1. The molecule has 160 valence electrons. The fourth-order valence-electron chi connectivity index (χ4n) is 4.06. The molecule has 3 aliphatic rings. The van der Waals surface area contributed by atoms with Gasteiger partial charge in [-0.2, -0.15) is 9.29 Å². The Labute approximate surface area is 176 Å². The van der Waals surface area contributed by atoms with E-state index in [4.69, 9.17) is 14.5 Å². The van der Waals surface area contributed by atoms with Gasteiger partial charge in [0.15, 0.2) is 0 Å². The number of fused-ring (bicyclic) bond motifs is 1. The lowest BCUT2D eigenvalue weighted by Gasteiger charge is -2.35. The Balaban J connectivity index is 1.27. The summed E-state index contributed by atoms with van der Waals surface area (Å²) in [6.45, 7) is 5.56. The van der Waals surface area contributed by atoms with E-state index in [1.165, 1.54) is 0 Å². The molecule has 2 aromatic rings. The number of hydrogen-bond acceptors (Lipinski definition) is 8. The number of morpholine rings is 1. The van der Waals surface area contributed by atoms with Crippen molar-refractivity contribution >= 4 is 21.8 Å². The van der Waals surface area contributed by atoms with Crippen LogP contribution in [-0.2, 0) is 21.2 Å². The minimum atomic E-state index is -3.52. The zero-order valence-electron chi connectivity index (χ0n) is 16.7. The highest BCUT2D eigenvalue weighted by molar-refractivity contribution is 7.89. The third-order valence-corrected chi connectivity index (χ3v) is 7.68. The number of nitrogens with zero attached hydrogens (tertiary/aromatic N) is 5. The molecule has 0 radical (unpaired) electrons. The molecule has 2 fully saturated rings. The maximum Gasteiger partial charge on any atom is 0.243 e. The molecule has 2 saturated heterocycles. The van der Waals surface area contributed by atoms with Gasteiger partial charge in [-0.25, -0.2) is 13.4 Å². The predicted molar refractivity (Wildman–Crippen MR) is 112 cm³/mol. The van der Waals surface area contributed by atoms with Crippen molar-refractivity contribution in [2.75, 3.05) is 68.9 Å². The molecule has 0 aliphatic carbocycles. The van der Waals surface area contributed by atoms with Crippen molar-refractivity contribution in [2.45, 2.75) is 11.3 Å². The average Bonchev–Trinajstić information content (AvgIpc) is 3.28. The third kappa shape index (κ3) is 3.70. The van der Waals surface area contributed by atoms with Crippen LogP contribution in [0.5, 0.6) is 5.75 Å². The third-order valence-electron chi connectivity index (χ3n) is 5.78. The lowest BCUT2D eigenvalue weighted by Crippen LogP contribution is -2.49. The Morgan fingerprint density at radius 3 is 2.50 bits per heavy atom. The van der Waals surface area contributed by atoms with E-state index in [1.807, 2.05) is 6.07 Å². The molecule has 0 N–H and O–H groups in total. The molecule has 1 aromatic heterocycles. The van der Waals surface area contributed by atoms with Gasteiger partial charge in [0.2, 0.25) is 16.0 Å². The number of ether oxygens (including phenoxy) is 2. The quantitative estimate of drug-likeness (QED) is 0.701. The number of hydrogen-bond donors (Lipinski definition) is 0. The molecule has 0 unspecified atom stereocenters. The predicted octanol–water partition coefficient (Wildman–Crippen LogP) is 0.759. The van der Waals surface area contributed by atoms with Crippen LogP contribution in [0.2, 0.25) is 0 Å². The largest absolute Gasteiger partial charge is 0.493 e. The van der Waals surface area contributed by atoms with Gasteiger partial charge in [-0.05, 0) is 29.8 Å². The minimum absolute atomic E-state index is 0.344. The summed E-state index contributed by atoms with van der Waals surface area (Å²) in [7, 11) is -3.52. The molecule has 0 atom stereocenters. The molecule has 0 bridgehead atoms. The maximum atomic E-state index is 13.1. The van der Waals surface area contributed by atoms with E-state index in [1.54, 1.807) is 28.7 Å². The van der Waals surface area contributed by atoms with Gasteiger partial charge in [0.25, 0.3) is 0 Å². The van der Waals surface area contributed by atoms with Gasteiger partial charge in [0, 0.05) is 51.9 Å². The summed E-state index contributed by atoms with van der Waals surface area (Å²) < 4.78 is 38.7. The van der Waals surface area contributed by atoms with E-state index in [2.05, 4.69) is 14.8 Å². The van der Waals surface area contributed by atoms with Crippen LogP contribution >= 0.6 is 0 Å². The first-order chi connectivity index (χ1) is 14.6. The molecular formula is C20H25N5O4S. The van der Waals surface area contributed by atoms with Crippen LogP contribution in [-0.4, -0.2) is 81.8 Å². The van der Waals surface area contributed by atoms with Crippen molar-refractivity contribution in [3.63, 3.8) is 0 Å². The lowest BCUT2D eigenvalue weighted by atomic mass is 10.2. The topological polar surface area (TPSA) is 88.1 Å². The normalized spacial score (nSPS) is 20.1. The fourth-order valence-corrected chi connectivity index (χ4v) is 5.53. The average molecular weight is 432 g/mol. The lowest BCUT2D eigenvalue weighted by molar-refractivity contribution is 0.122. The number of anilines is 2. The molecule has 0 saturated carbocycles. The van der Waals surface area contributed by atoms with E-state index >= 15 is 0 Å². The smallest absolute Gasteiger partial charge is 0.243 e. The van der Waals surface area contributed by atoms with Crippen molar-refractivity contribution in [2.24, 2.45) is 0 Å². The Bertz CT molecular complexity index is 1020. The van der Waals surface area contributed by atoms with Gasteiger partial charge in [-0.15, -0.1) is 0 Å². The fraction of sp³-hybridized carbons (Fsp3) is 0.500. The molecule has 3 aliphatic heterocycles. The highest BCUT2D eigenvalue weighted by atomic mass is 32.2. The van der Waals surface area contributed by atoms with Crippen LogP contribution in [0.4, 0.5) is 11.8 Å². The van der Waals surface area contributed by atoms with E-state index in [9.17, 15) is 8.42 Å². The summed E-state index contributed by atoms with van der Waals surface area (Å²) >= 11 is 0. The molecular weight excluding hydrogens is 406 g/mol. The van der Waals surface area contributed by atoms with Crippen molar-refractivity contribution in [1.29, 1.82) is 0 Å². The maximum absolute atomic E-state index is 13.1. The van der Waals surface area contributed by atoms with Gasteiger partial charge in [0.05, 0.1) is 24.7 Å². The summed E-state index contributed by atoms with van der Waals surface area (Å²) in [6.07, 6.45) is 2.52. The first kappa shape index (κ1) is 19.5. The van der Waals surface area contributed by atoms with Crippen LogP contribution in [0.1, 0.15) is 5.56 Å². The standard InChI is InChI=1S/C20H25N5O4S/c26-30(27,17-1-2-18-16(15-17)4-12-29-18)25-8-6-23(7-9-25)19-3-5-21-20(22-19)24-10-13-28-14-11-24/h1-3,5,15H,4,6-14H2. The Hall–Kier alpha value is -2.43. The molecule has 30 heavy (non-hydrogen) atoms. The van der Waals surface area contributed by atoms with E-state index in [0.29, 0.717) is 56.8 Å². The first-order valence-electron chi connectivity index (χ1n) is 10.3. The molecule has 5 rings (SSSR count). The molecule has 10 heteroatoms.